The molecular weight excluding hydrogens is 404 g/mol. The van der Waals surface area contributed by atoms with Crippen molar-refractivity contribution in [3.8, 4) is 0 Å². The van der Waals surface area contributed by atoms with Crippen molar-refractivity contribution in [1.29, 1.82) is 0 Å². The number of carbonyl (C=O) groups excluding carboxylic acids is 3. The van der Waals surface area contributed by atoms with E-state index in [2.05, 4.69) is 10.3 Å². The summed E-state index contributed by atoms with van der Waals surface area (Å²) in [5, 5.41) is 2.72. The van der Waals surface area contributed by atoms with Gasteiger partial charge in [0.25, 0.3) is 5.91 Å². The molecule has 1 N–H and O–H groups in total. The number of nitrogens with one attached hydrogen (secondary N) is 1. The van der Waals surface area contributed by atoms with Crippen molar-refractivity contribution < 1.29 is 14.4 Å². The highest BCUT2D eigenvalue weighted by Crippen LogP contribution is 2.31. The summed E-state index contributed by atoms with van der Waals surface area (Å²) in [5.41, 5.74) is 2.26. The van der Waals surface area contributed by atoms with Crippen molar-refractivity contribution in [3.05, 3.63) is 59.9 Å². The van der Waals surface area contributed by atoms with Gasteiger partial charge in [-0.1, -0.05) is 12.5 Å². The molecule has 4 rings (SSSR count). The maximum atomic E-state index is 13.3. The molecule has 168 valence electrons. The molecule has 1 saturated carbocycles. The number of nitrogens with zero attached hydrogens (tertiary/aromatic N) is 3. The molecule has 1 unspecified atom stereocenters. The fourth-order valence-electron chi connectivity index (χ4n) is 4.44. The first-order valence-corrected chi connectivity index (χ1v) is 11.4. The van der Waals surface area contributed by atoms with E-state index in [0.29, 0.717) is 30.9 Å². The number of hydrogen-bond donors (Lipinski definition) is 1. The topological polar surface area (TPSA) is 82.6 Å². The van der Waals surface area contributed by atoms with Gasteiger partial charge in [0.05, 0.1) is 0 Å². The van der Waals surface area contributed by atoms with E-state index >= 15 is 0 Å². The second-order valence-corrected chi connectivity index (χ2v) is 8.76. The lowest BCUT2D eigenvalue weighted by Gasteiger charge is -2.42. The number of amides is 3. The molecule has 0 radical (unpaired) electrons. The lowest BCUT2D eigenvalue weighted by atomic mass is 9.83. The number of piperidine rings is 1. The molecule has 3 amide bonds. The second-order valence-electron chi connectivity index (χ2n) is 8.76. The Hall–Kier alpha value is -3.22. The Morgan fingerprint density at radius 3 is 2.50 bits per heavy atom. The van der Waals surface area contributed by atoms with Gasteiger partial charge in [-0.05, 0) is 61.6 Å². The third-order valence-corrected chi connectivity index (χ3v) is 6.39. The number of anilines is 1. The van der Waals surface area contributed by atoms with Gasteiger partial charge in [0.2, 0.25) is 11.8 Å². The molecule has 1 aromatic heterocycles. The van der Waals surface area contributed by atoms with Crippen molar-refractivity contribution >= 4 is 23.4 Å². The zero-order valence-corrected chi connectivity index (χ0v) is 18.5. The Kier molecular flexibility index (Phi) is 6.83. The standard InChI is InChI=1S/C25H30N4O3/c1-18(30)27-22-11-9-21(10-12-22)24(31)28-14-4-8-23(17-28)29(25(32)20-6-2-7-20)16-19-5-3-13-26-15-19/h3,5,9-13,15,20,23H,2,4,6-8,14,16-17H2,1H3,(H,27,30). The summed E-state index contributed by atoms with van der Waals surface area (Å²) in [5.74, 6) is 0.132. The highest BCUT2D eigenvalue weighted by atomic mass is 16.2. The normalized spacial score (nSPS) is 18.5. The van der Waals surface area contributed by atoms with Crippen molar-refractivity contribution in [1.82, 2.24) is 14.8 Å². The van der Waals surface area contributed by atoms with E-state index in [1.165, 1.54) is 6.92 Å². The number of benzene rings is 1. The fraction of sp³-hybridized carbons (Fsp3) is 0.440. The minimum Gasteiger partial charge on any atom is -0.337 e. The number of carbonyl (C=O) groups is 3. The largest absolute Gasteiger partial charge is 0.337 e. The molecule has 1 aromatic carbocycles. The van der Waals surface area contributed by atoms with Crippen LogP contribution in [0.15, 0.2) is 48.8 Å². The van der Waals surface area contributed by atoms with Crippen LogP contribution in [0.5, 0.6) is 0 Å². The first-order chi connectivity index (χ1) is 15.5. The highest BCUT2D eigenvalue weighted by molar-refractivity contribution is 5.95. The lowest BCUT2D eigenvalue weighted by Crippen LogP contribution is -2.53. The maximum absolute atomic E-state index is 13.3. The van der Waals surface area contributed by atoms with E-state index in [4.69, 9.17) is 0 Å². The van der Waals surface area contributed by atoms with Crippen LogP contribution in [0.2, 0.25) is 0 Å². The summed E-state index contributed by atoms with van der Waals surface area (Å²) >= 11 is 0. The van der Waals surface area contributed by atoms with E-state index in [1.807, 2.05) is 28.1 Å². The van der Waals surface area contributed by atoms with Gasteiger partial charge in [-0.15, -0.1) is 0 Å². The van der Waals surface area contributed by atoms with Crippen LogP contribution in [0.25, 0.3) is 0 Å². The monoisotopic (exact) mass is 434 g/mol. The first kappa shape index (κ1) is 22.0. The molecule has 2 heterocycles. The van der Waals surface area contributed by atoms with Crippen LogP contribution in [0, 0.1) is 5.92 Å². The first-order valence-electron chi connectivity index (χ1n) is 11.4. The maximum Gasteiger partial charge on any atom is 0.253 e. The molecule has 7 nitrogen and oxygen atoms in total. The van der Waals surface area contributed by atoms with Crippen LogP contribution < -0.4 is 5.32 Å². The van der Waals surface area contributed by atoms with Crippen molar-refractivity contribution in [2.45, 2.75) is 51.6 Å². The Morgan fingerprint density at radius 1 is 1.09 bits per heavy atom. The number of likely N-dealkylation sites (tertiary alicyclic amines) is 1. The molecule has 2 aromatic rings. The summed E-state index contributed by atoms with van der Waals surface area (Å²) in [6.45, 7) is 3.20. The van der Waals surface area contributed by atoms with E-state index in [-0.39, 0.29) is 29.7 Å². The van der Waals surface area contributed by atoms with Gasteiger partial charge in [0, 0.05) is 62.2 Å². The third kappa shape index (κ3) is 5.15. The summed E-state index contributed by atoms with van der Waals surface area (Å²) in [6, 6.07) is 10.9. The van der Waals surface area contributed by atoms with Crippen molar-refractivity contribution in [2.24, 2.45) is 5.92 Å². The van der Waals surface area contributed by atoms with Crippen LogP contribution in [0.1, 0.15) is 54.9 Å². The van der Waals surface area contributed by atoms with Crippen molar-refractivity contribution in [2.75, 3.05) is 18.4 Å². The molecule has 0 spiro atoms. The SMILES string of the molecule is CC(=O)Nc1ccc(C(=O)N2CCCC(N(Cc3cccnc3)C(=O)C3CCC3)C2)cc1. The fourth-order valence-corrected chi connectivity index (χ4v) is 4.44. The molecule has 1 aliphatic heterocycles. The molecule has 2 fully saturated rings. The Balaban J connectivity index is 1.47. The summed E-state index contributed by atoms with van der Waals surface area (Å²) in [7, 11) is 0. The van der Waals surface area contributed by atoms with Crippen LogP contribution in [-0.2, 0) is 16.1 Å². The smallest absolute Gasteiger partial charge is 0.253 e. The minimum absolute atomic E-state index is 0.000316. The van der Waals surface area contributed by atoms with E-state index in [0.717, 1.165) is 37.7 Å². The molecule has 32 heavy (non-hydrogen) atoms. The number of rotatable bonds is 6. The Labute approximate surface area is 188 Å². The van der Waals surface area contributed by atoms with Crippen LogP contribution >= 0.6 is 0 Å². The van der Waals surface area contributed by atoms with Gasteiger partial charge in [-0.2, -0.15) is 0 Å². The molecule has 1 aliphatic carbocycles. The summed E-state index contributed by atoms with van der Waals surface area (Å²) < 4.78 is 0. The molecule has 2 aliphatic rings. The van der Waals surface area contributed by atoms with Crippen LogP contribution in [-0.4, -0.2) is 51.6 Å². The average Bonchev–Trinajstić information content (AvgIpc) is 2.76. The van der Waals surface area contributed by atoms with Gasteiger partial charge in [0.15, 0.2) is 0 Å². The zero-order valence-electron chi connectivity index (χ0n) is 18.5. The van der Waals surface area contributed by atoms with Crippen molar-refractivity contribution in [3.63, 3.8) is 0 Å². The van der Waals surface area contributed by atoms with Gasteiger partial charge >= 0.3 is 0 Å². The predicted molar refractivity (Wildman–Crippen MR) is 122 cm³/mol. The molecular formula is C25H30N4O3. The summed E-state index contributed by atoms with van der Waals surface area (Å²) in [4.78, 5) is 45.7. The number of aromatic nitrogens is 1. The average molecular weight is 435 g/mol. The lowest BCUT2D eigenvalue weighted by molar-refractivity contribution is -0.142. The highest BCUT2D eigenvalue weighted by Gasteiger charge is 2.36. The number of hydrogen-bond acceptors (Lipinski definition) is 4. The summed E-state index contributed by atoms with van der Waals surface area (Å²) in [6.07, 6.45) is 8.33. The van der Waals surface area contributed by atoms with E-state index in [1.54, 1.807) is 30.5 Å². The molecule has 1 atom stereocenters. The van der Waals surface area contributed by atoms with Crippen LogP contribution in [0.4, 0.5) is 5.69 Å². The Bertz CT molecular complexity index is 957. The van der Waals surface area contributed by atoms with Crippen LogP contribution in [0.3, 0.4) is 0 Å². The Morgan fingerprint density at radius 2 is 1.88 bits per heavy atom. The number of pyridine rings is 1. The van der Waals surface area contributed by atoms with Gasteiger partial charge < -0.3 is 15.1 Å². The predicted octanol–water partition coefficient (Wildman–Crippen LogP) is 3.47. The van der Waals surface area contributed by atoms with Gasteiger partial charge in [0.1, 0.15) is 0 Å². The van der Waals surface area contributed by atoms with Gasteiger partial charge in [-0.3, -0.25) is 19.4 Å². The molecule has 0 bridgehead atoms. The molecule has 1 saturated heterocycles. The van der Waals surface area contributed by atoms with E-state index < -0.39 is 0 Å². The quantitative estimate of drug-likeness (QED) is 0.755. The third-order valence-electron chi connectivity index (χ3n) is 6.39. The van der Waals surface area contributed by atoms with Gasteiger partial charge in [-0.25, -0.2) is 0 Å². The zero-order chi connectivity index (χ0) is 22.5. The van der Waals surface area contributed by atoms with E-state index in [9.17, 15) is 14.4 Å². The second kappa shape index (κ2) is 9.94. The molecule has 7 heteroatoms. The minimum atomic E-state index is -0.146.